The highest BCUT2D eigenvalue weighted by Gasteiger charge is 2.37. The van der Waals surface area contributed by atoms with E-state index in [2.05, 4.69) is 4.98 Å². The Hall–Kier alpha value is -2.61. The van der Waals surface area contributed by atoms with Crippen LogP contribution in [0.25, 0.3) is 0 Å². The Balaban J connectivity index is 1.63. The fourth-order valence-electron chi connectivity index (χ4n) is 3.21. The largest absolute Gasteiger partial charge is 0.457 e. The van der Waals surface area contributed by atoms with Gasteiger partial charge in [0, 0.05) is 29.9 Å². The molecule has 1 aliphatic heterocycles. The number of hydrogen-bond acceptors (Lipinski definition) is 5. The SMILES string of the molecule is O=C(COC(=O)C1CCCN(c2ncccc2C(F)(F)F)C1)c1ccc(Cl)cc1. The highest BCUT2D eigenvalue weighted by Crippen LogP contribution is 2.36. The standard InChI is InChI=1S/C20H18ClF3N2O3/c21-15-7-5-13(6-8-15)17(27)12-29-19(28)14-3-2-10-26(11-14)18-16(20(22,23)24)4-1-9-25-18/h1,4-9,14H,2-3,10-12H2. The van der Waals surface area contributed by atoms with Crippen LogP contribution in [-0.4, -0.2) is 36.4 Å². The van der Waals surface area contributed by atoms with Crippen LogP contribution in [0.1, 0.15) is 28.8 Å². The van der Waals surface area contributed by atoms with E-state index in [1.807, 2.05) is 0 Å². The molecule has 29 heavy (non-hydrogen) atoms. The maximum absolute atomic E-state index is 13.3. The number of ether oxygens (including phenoxy) is 1. The van der Waals surface area contributed by atoms with Crippen molar-refractivity contribution in [1.82, 2.24) is 4.98 Å². The van der Waals surface area contributed by atoms with Crippen LogP contribution in [0.15, 0.2) is 42.6 Å². The molecule has 1 unspecified atom stereocenters. The lowest BCUT2D eigenvalue weighted by Crippen LogP contribution is -2.41. The van der Waals surface area contributed by atoms with Gasteiger partial charge >= 0.3 is 12.1 Å². The van der Waals surface area contributed by atoms with Crippen molar-refractivity contribution in [2.24, 2.45) is 5.92 Å². The number of piperidine rings is 1. The van der Waals surface area contributed by atoms with Crippen LogP contribution in [-0.2, 0) is 15.7 Å². The zero-order chi connectivity index (χ0) is 21.0. The van der Waals surface area contributed by atoms with Gasteiger partial charge in [-0.25, -0.2) is 4.98 Å². The molecule has 1 aliphatic rings. The predicted octanol–water partition coefficient (Wildman–Crippen LogP) is 4.40. The molecule has 1 saturated heterocycles. The molecule has 5 nitrogen and oxygen atoms in total. The molecular formula is C20H18ClF3N2O3. The summed E-state index contributed by atoms with van der Waals surface area (Å²) in [6.45, 7) is -0.0318. The summed E-state index contributed by atoms with van der Waals surface area (Å²) in [7, 11) is 0. The van der Waals surface area contributed by atoms with Crippen LogP contribution in [0.3, 0.4) is 0 Å². The van der Waals surface area contributed by atoms with Crippen molar-refractivity contribution in [3.8, 4) is 0 Å². The van der Waals surface area contributed by atoms with Gasteiger partial charge in [0.25, 0.3) is 0 Å². The Kier molecular flexibility index (Phi) is 6.42. The summed E-state index contributed by atoms with van der Waals surface area (Å²) in [5.41, 5.74) is -0.484. The number of pyridine rings is 1. The topological polar surface area (TPSA) is 59.5 Å². The highest BCUT2D eigenvalue weighted by molar-refractivity contribution is 6.30. The van der Waals surface area contributed by atoms with E-state index in [0.29, 0.717) is 30.0 Å². The number of carbonyl (C=O) groups is 2. The number of halogens is 4. The number of carbonyl (C=O) groups excluding carboxylic acids is 2. The molecule has 1 aromatic heterocycles. The first-order valence-electron chi connectivity index (χ1n) is 8.98. The number of esters is 1. The molecule has 0 aliphatic carbocycles. The van der Waals surface area contributed by atoms with Crippen molar-refractivity contribution in [2.75, 3.05) is 24.6 Å². The number of nitrogens with zero attached hydrogens (tertiary/aromatic N) is 2. The fourth-order valence-corrected chi connectivity index (χ4v) is 3.33. The summed E-state index contributed by atoms with van der Waals surface area (Å²) in [6.07, 6.45) is -2.27. The molecule has 0 radical (unpaired) electrons. The lowest BCUT2D eigenvalue weighted by molar-refractivity contribution is -0.147. The molecule has 2 aromatic rings. The second-order valence-corrected chi connectivity index (χ2v) is 7.13. The van der Waals surface area contributed by atoms with Gasteiger partial charge in [0.2, 0.25) is 0 Å². The van der Waals surface area contributed by atoms with Gasteiger partial charge in [-0.05, 0) is 49.2 Å². The molecule has 0 amide bonds. The van der Waals surface area contributed by atoms with E-state index in [1.54, 1.807) is 12.1 Å². The number of alkyl halides is 3. The monoisotopic (exact) mass is 426 g/mol. The van der Waals surface area contributed by atoms with E-state index < -0.39 is 30.2 Å². The van der Waals surface area contributed by atoms with Gasteiger partial charge in [-0.2, -0.15) is 13.2 Å². The zero-order valence-electron chi connectivity index (χ0n) is 15.3. The molecule has 0 N–H and O–H groups in total. The molecular weight excluding hydrogens is 409 g/mol. The third-order valence-electron chi connectivity index (χ3n) is 4.66. The number of hydrogen-bond donors (Lipinski definition) is 0. The first-order valence-corrected chi connectivity index (χ1v) is 9.36. The minimum atomic E-state index is -4.54. The number of benzene rings is 1. The number of Topliss-reactive ketones (excluding diaryl/α,β-unsaturated/α-hetero) is 1. The van der Waals surface area contributed by atoms with Gasteiger partial charge in [0.05, 0.1) is 11.5 Å². The van der Waals surface area contributed by atoms with Crippen LogP contribution in [0.5, 0.6) is 0 Å². The number of rotatable bonds is 5. The predicted molar refractivity (Wildman–Crippen MR) is 101 cm³/mol. The summed E-state index contributed by atoms with van der Waals surface area (Å²) >= 11 is 5.77. The minimum absolute atomic E-state index is 0.0497. The third kappa shape index (κ3) is 5.26. The molecule has 1 aromatic carbocycles. The van der Waals surface area contributed by atoms with Gasteiger partial charge in [-0.15, -0.1) is 0 Å². The van der Waals surface area contributed by atoms with Gasteiger partial charge < -0.3 is 9.64 Å². The van der Waals surface area contributed by atoms with Gasteiger partial charge in [-0.3, -0.25) is 9.59 Å². The summed E-state index contributed by atoms with van der Waals surface area (Å²) in [5, 5.41) is 0.480. The molecule has 3 rings (SSSR count). The average Bonchev–Trinajstić information content (AvgIpc) is 2.71. The van der Waals surface area contributed by atoms with E-state index in [0.717, 1.165) is 6.07 Å². The van der Waals surface area contributed by atoms with Gasteiger partial charge in [-0.1, -0.05) is 11.6 Å². The van der Waals surface area contributed by atoms with Crippen LogP contribution in [0, 0.1) is 5.92 Å². The molecule has 2 heterocycles. The Morgan fingerprint density at radius 2 is 1.93 bits per heavy atom. The number of anilines is 1. The van der Waals surface area contributed by atoms with Gasteiger partial charge in [0.1, 0.15) is 5.82 Å². The van der Waals surface area contributed by atoms with E-state index in [4.69, 9.17) is 16.3 Å². The van der Waals surface area contributed by atoms with Crippen LogP contribution in [0.4, 0.5) is 19.0 Å². The Morgan fingerprint density at radius 1 is 1.21 bits per heavy atom. The molecule has 1 atom stereocenters. The summed E-state index contributed by atoms with van der Waals surface area (Å²) < 4.78 is 44.9. The van der Waals surface area contributed by atoms with Crippen molar-refractivity contribution in [2.45, 2.75) is 19.0 Å². The van der Waals surface area contributed by atoms with Crippen molar-refractivity contribution >= 4 is 29.2 Å². The summed E-state index contributed by atoms with van der Waals surface area (Å²) in [6, 6.07) is 8.36. The molecule has 0 spiro atoms. The van der Waals surface area contributed by atoms with E-state index in [1.165, 1.54) is 29.3 Å². The Bertz CT molecular complexity index is 887. The van der Waals surface area contributed by atoms with Crippen LogP contribution >= 0.6 is 11.6 Å². The number of ketones is 1. The molecule has 0 bridgehead atoms. The number of aromatic nitrogens is 1. The maximum atomic E-state index is 13.3. The summed E-state index contributed by atoms with van der Waals surface area (Å²) in [5.74, 6) is -1.83. The van der Waals surface area contributed by atoms with Crippen molar-refractivity contribution in [1.29, 1.82) is 0 Å². The normalized spacial score (nSPS) is 17.1. The second kappa shape index (κ2) is 8.82. The smallest absolute Gasteiger partial charge is 0.419 e. The summed E-state index contributed by atoms with van der Waals surface area (Å²) in [4.78, 5) is 29.8. The average molecular weight is 427 g/mol. The molecule has 0 saturated carbocycles. The Labute approximate surface area is 170 Å². The quantitative estimate of drug-likeness (QED) is 0.524. The van der Waals surface area contributed by atoms with E-state index in [-0.39, 0.29) is 18.1 Å². The zero-order valence-corrected chi connectivity index (χ0v) is 16.0. The van der Waals surface area contributed by atoms with Crippen LogP contribution < -0.4 is 4.90 Å². The lowest BCUT2D eigenvalue weighted by atomic mass is 9.97. The molecule has 154 valence electrons. The van der Waals surface area contributed by atoms with E-state index >= 15 is 0 Å². The third-order valence-corrected chi connectivity index (χ3v) is 4.91. The fraction of sp³-hybridized carbons (Fsp3) is 0.350. The highest BCUT2D eigenvalue weighted by atomic mass is 35.5. The molecule has 9 heteroatoms. The van der Waals surface area contributed by atoms with Crippen LogP contribution in [0.2, 0.25) is 5.02 Å². The Morgan fingerprint density at radius 3 is 2.62 bits per heavy atom. The van der Waals surface area contributed by atoms with Crippen molar-refractivity contribution in [3.05, 3.63) is 58.7 Å². The van der Waals surface area contributed by atoms with E-state index in [9.17, 15) is 22.8 Å². The first kappa shape index (κ1) is 21.1. The van der Waals surface area contributed by atoms with Crippen molar-refractivity contribution in [3.63, 3.8) is 0 Å². The maximum Gasteiger partial charge on any atom is 0.419 e. The minimum Gasteiger partial charge on any atom is -0.457 e. The van der Waals surface area contributed by atoms with Gasteiger partial charge in [0.15, 0.2) is 12.4 Å². The van der Waals surface area contributed by atoms with Crippen molar-refractivity contribution < 1.29 is 27.5 Å². The second-order valence-electron chi connectivity index (χ2n) is 6.70. The first-order chi connectivity index (χ1) is 13.8. The lowest BCUT2D eigenvalue weighted by Gasteiger charge is -2.33. The molecule has 1 fully saturated rings.